The van der Waals surface area contributed by atoms with Gasteiger partial charge < -0.3 is 14.9 Å². The van der Waals surface area contributed by atoms with Crippen LogP contribution in [0.3, 0.4) is 0 Å². The van der Waals surface area contributed by atoms with Crippen LogP contribution in [0.4, 0.5) is 5.69 Å². The molecule has 0 aromatic carbocycles. The fourth-order valence-electron chi connectivity index (χ4n) is 3.98. The van der Waals surface area contributed by atoms with Crippen LogP contribution in [0, 0.1) is 0 Å². The Labute approximate surface area is 173 Å². The molecule has 29 heavy (non-hydrogen) atoms. The minimum Gasteiger partial charge on any atom is -0.391 e. The summed E-state index contributed by atoms with van der Waals surface area (Å²) in [5.41, 5.74) is 1.07. The van der Waals surface area contributed by atoms with Crippen molar-refractivity contribution in [2.24, 2.45) is 0 Å². The summed E-state index contributed by atoms with van der Waals surface area (Å²) in [5, 5.41) is 16.9. The lowest BCUT2D eigenvalue weighted by molar-refractivity contribution is 0.0664. The molecule has 2 fully saturated rings. The second-order valence-corrected chi connectivity index (χ2v) is 9.05. The van der Waals surface area contributed by atoms with E-state index in [0.29, 0.717) is 37.7 Å². The Morgan fingerprint density at radius 2 is 2.10 bits per heavy atom. The molecule has 0 aliphatic carbocycles. The molecule has 2 aliphatic rings. The molecule has 0 saturated carbocycles. The third-order valence-corrected chi connectivity index (χ3v) is 6.75. The zero-order valence-electron chi connectivity index (χ0n) is 16.8. The molecule has 8 nitrogen and oxygen atoms in total. The number of nitrogens with zero attached hydrogens (tertiary/aromatic N) is 5. The molecule has 0 bridgehead atoms. The zero-order valence-corrected chi connectivity index (χ0v) is 17.6. The summed E-state index contributed by atoms with van der Waals surface area (Å²) in [5.74, 6) is 0.224. The Morgan fingerprint density at radius 3 is 2.76 bits per heavy atom. The standard InChI is InChI=1S/C20H27N5O3S/c1-13(2)19-22-17(12-29-19)20(28)24-6-3-4-14(10-24)25-18(27)8-15(9-21-25)23-7-5-16(26)11-23/h8-9,12-14,16,26H,3-7,10-11H2,1-2H3/t14?,16-/m0/s1. The monoisotopic (exact) mass is 417 g/mol. The number of anilines is 1. The molecule has 4 rings (SSSR count). The maximum Gasteiger partial charge on any atom is 0.273 e. The Morgan fingerprint density at radius 1 is 1.28 bits per heavy atom. The van der Waals surface area contributed by atoms with Crippen molar-refractivity contribution in [3.8, 4) is 0 Å². The first kappa shape index (κ1) is 20.0. The van der Waals surface area contributed by atoms with E-state index in [1.807, 2.05) is 10.3 Å². The minimum absolute atomic E-state index is 0.0754. The molecular weight excluding hydrogens is 390 g/mol. The molecule has 156 valence electrons. The van der Waals surface area contributed by atoms with Crippen LogP contribution in [-0.2, 0) is 0 Å². The molecule has 1 unspecified atom stereocenters. The van der Waals surface area contributed by atoms with E-state index in [1.165, 1.54) is 16.0 Å². The number of aliphatic hydroxyl groups excluding tert-OH is 1. The van der Waals surface area contributed by atoms with Crippen LogP contribution < -0.4 is 10.5 Å². The van der Waals surface area contributed by atoms with E-state index in [4.69, 9.17) is 0 Å². The van der Waals surface area contributed by atoms with Gasteiger partial charge in [-0.1, -0.05) is 13.8 Å². The van der Waals surface area contributed by atoms with Crippen molar-refractivity contribution in [1.29, 1.82) is 0 Å². The number of likely N-dealkylation sites (tertiary alicyclic amines) is 1. The summed E-state index contributed by atoms with van der Waals surface area (Å²) in [7, 11) is 0. The van der Waals surface area contributed by atoms with Gasteiger partial charge in [0.15, 0.2) is 0 Å². The molecule has 2 atom stereocenters. The molecule has 2 saturated heterocycles. The Balaban J connectivity index is 1.48. The molecule has 0 radical (unpaired) electrons. The Kier molecular flexibility index (Phi) is 5.69. The maximum atomic E-state index is 12.9. The Bertz CT molecular complexity index is 940. The fraction of sp³-hybridized carbons (Fsp3) is 0.600. The minimum atomic E-state index is -0.350. The number of hydrogen-bond acceptors (Lipinski definition) is 7. The topological polar surface area (TPSA) is 91.6 Å². The average molecular weight is 418 g/mol. The largest absolute Gasteiger partial charge is 0.391 e. The van der Waals surface area contributed by atoms with Crippen LogP contribution in [0.5, 0.6) is 0 Å². The highest BCUT2D eigenvalue weighted by Gasteiger charge is 2.29. The number of hydrogen-bond donors (Lipinski definition) is 1. The molecule has 2 aromatic rings. The van der Waals surface area contributed by atoms with E-state index in [2.05, 4.69) is 23.9 Å². The summed E-state index contributed by atoms with van der Waals surface area (Å²) in [6.45, 7) is 6.51. The quantitative estimate of drug-likeness (QED) is 0.817. The van der Waals surface area contributed by atoms with Gasteiger partial charge >= 0.3 is 0 Å². The van der Waals surface area contributed by atoms with Crippen LogP contribution >= 0.6 is 11.3 Å². The first-order valence-corrected chi connectivity index (χ1v) is 11.1. The summed E-state index contributed by atoms with van der Waals surface area (Å²) in [6.07, 6.45) is 3.68. The smallest absolute Gasteiger partial charge is 0.273 e. The van der Waals surface area contributed by atoms with Crippen molar-refractivity contribution >= 4 is 22.9 Å². The van der Waals surface area contributed by atoms with E-state index < -0.39 is 0 Å². The van der Waals surface area contributed by atoms with Gasteiger partial charge in [-0.3, -0.25) is 9.59 Å². The summed E-state index contributed by atoms with van der Waals surface area (Å²) < 4.78 is 1.50. The first-order valence-electron chi connectivity index (χ1n) is 10.2. The fourth-order valence-corrected chi connectivity index (χ4v) is 4.79. The number of amides is 1. The average Bonchev–Trinajstić information content (AvgIpc) is 3.37. The van der Waals surface area contributed by atoms with E-state index in [0.717, 1.165) is 30.1 Å². The van der Waals surface area contributed by atoms with Gasteiger partial charge in [0.1, 0.15) is 5.69 Å². The third-order valence-electron chi connectivity index (χ3n) is 5.60. The summed E-state index contributed by atoms with van der Waals surface area (Å²) in [6, 6.07) is 1.45. The van der Waals surface area contributed by atoms with Crippen LogP contribution in [-0.4, -0.2) is 63.0 Å². The third kappa shape index (κ3) is 4.20. The second kappa shape index (κ2) is 8.23. The van der Waals surface area contributed by atoms with Gasteiger partial charge in [0.05, 0.1) is 29.0 Å². The highest BCUT2D eigenvalue weighted by atomic mass is 32.1. The van der Waals surface area contributed by atoms with Crippen molar-refractivity contribution in [2.45, 2.75) is 51.2 Å². The number of piperidine rings is 1. The molecule has 1 amide bonds. The molecule has 9 heteroatoms. The van der Waals surface area contributed by atoms with Gasteiger partial charge in [0, 0.05) is 43.5 Å². The number of carbonyl (C=O) groups excluding carboxylic acids is 1. The number of carbonyl (C=O) groups is 1. The molecule has 0 spiro atoms. The van der Waals surface area contributed by atoms with Gasteiger partial charge in [0.25, 0.3) is 11.5 Å². The van der Waals surface area contributed by atoms with Crippen molar-refractivity contribution in [3.05, 3.63) is 38.7 Å². The highest BCUT2D eigenvalue weighted by Crippen LogP contribution is 2.24. The van der Waals surface area contributed by atoms with Crippen molar-refractivity contribution in [3.63, 3.8) is 0 Å². The molecule has 2 aromatic heterocycles. The van der Waals surface area contributed by atoms with E-state index >= 15 is 0 Å². The van der Waals surface area contributed by atoms with Crippen LogP contribution in [0.2, 0.25) is 0 Å². The number of β-amino-alcohol motifs (C(OH)–C–C–N with tert-alkyl or cyclic N) is 1. The summed E-state index contributed by atoms with van der Waals surface area (Å²) >= 11 is 1.51. The Hall–Kier alpha value is -2.26. The van der Waals surface area contributed by atoms with Gasteiger partial charge in [-0.15, -0.1) is 11.3 Å². The van der Waals surface area contributed by atoms with Gasteiger partial charge in [-0.05, 0) is 19.3 Å². The second-order valence-electron chi connectivity index (χ2n) is 8.16. The van der Waals surface area contributed by atoms with Crippen molar-refractivity contribution in [1.82, 2.24) is 19.7 Å². The van der Waals surface area contributed by atoms with Gasteiger partial charge in [-0.2, -0.15) is 5.10 Å². The van der Waals surface area contributed by atoms with Crippen molar-refractivity contribution < 1.29 is 9.90 Å². The van der Waals surface area contributed by atoms with Gasteiger partial charge in [-0.25, -0.2) is 9.67 Å². The zero-order chi connectivity index (χ0) is 20.5. The molecule has 1 N–H and O–H groups in total. The predicted molar refractivity (Wildman–Crippen MR) is 112 cm³/mol. The normalized spacial score (nSPS) is 22.5. The van der Waals surface area contributed by atoms with E-state index in [-0.39, 0.29) is 23.6 Å². The van der Waals surface area contributed by atoms with E-state index in [1.54, 1.807) is 17.2 Å². The van der Waals surface area contributed by atoms with Crippen LogP contribution in [0.1, 0.15) is 60.6 Å². The number of aromatic nitrogens is 3. The molecule has 4 heterocycles. The maximum absolute atomic E-state index is 12.9. The number of rotatable bonds is 4. The molecule has 2 aliphatic heterocycles. The van der Waals surface area contributed by atoms with Crippen LogP contribution in [0.25, 0.3) is 0 Å². The SMILES string of the molecule is CC(C)c1nc(C(=O)N2CCCC(n3ncc(N4CC[C@H](O)C4)cc3=O)C2)cs1. The molecular formula is C20H27N5O3S. The van der Waals surface area contributed by atoms with Gasteiger partial charge in [0.2, 0.25) is 0 Å². The lowest BCUT2D eigenvalue weighted by Gasteiger charge is -2.32. The lowest BCUT2D eigenvalue weighted by Crippen LogP contribution is -2.43. The lowest BCUT2D eigenvalue weighted by atomic mass is 10.1. The first-order chi connectivity index (χ1) is 13.9. The highest BCUT2D eigenvalue weighted by molar-refractivity contribution is 7.09. The van der Waals surface area contributed by atoms with Crippen LogP contribution in [0.15, 0.2) is 22.4 Å². The predicted octanol–water partition coefficient (Wildman–Crippen LogP) is 1.87. The number of aliphatic hydroxyl groups is 1. The van der Waals surface area contributed by atoms with Crippen molar-refractivity contribution in [2.75, 3.05) is 31.1 Å². The number of thiazole rings is 1. The van der Waals surface area contributed by atoms with E-state index in [9.17, 15) is 14.7 Å². The summed E-state index contributed by atoms with van der Waals surface area (Å²) in [4.78, 5) is 33.8.